The van der Waals surface area contributed by atoms with Crippen LogP contribution in [0.1, 0.15) is 6.92 Å². The molecule has 0 unspecified atom stereocenters. The Bertz CT molecular complexity index is 961. The highest BCUT2D eigenvalue weighted by Gasteiger charge is 2.16. The molecule has 0 aliphatic rings. The molecule has 0 fully saturated rings. The van der Waals surface area contributed by atoms with Crippen LogP contribution in [0.2, 0.25) is 5.02 Å². The molecule has 0 aliphatic carbocycles. The van der Waals surface area contributed by atoms with E-state index in [0.717, 1.165) is 22.6 Å². The molecular weight excluding hydrogens is 357 g/mol. The number of benzene rings is 3. The summed E-state index contributed by atoms with van der Waals surface area (Å²) in [6.45, 7) is 1.63. The minimum Gasteiger partial charge on any atom is -0.497 e. The first-order valence-electron chi connectivity index (χ1n) is 7.96. The minimum absolute atomic E-state index is 0.128. The number of nitrogens with one attached hydrogen (secondary N) is 1. The number of amides is 1. The molecule has 134 valence electrons. The van der Waals surface area contributed by atoms with E-state index in [1.807, 2.05) is 30.3 Å². The van der Waals surface area contributed by atoms with E-state index in [4.69, 9.17) is 21.1 Å². The van der Waals surface area contributed by atoms with Gasteiger partial charge in [0.15, 0.2) is 6.10 Å². The van der Waals surface area contributed by atoms with E-state index in [9.17, 15) is 9.18 Å². The molecule has 6 heteroatoms. The largest absolute Gasteiger partial charge is 0.497 e. The lowest BCUT2D eigenvalue weighted by atomic mass is 10.1. The van der Waals surface area contributed by atoms with Gasteiger partial charge in [0.25, 0.3) is 5.91 Å². The molecule has 0 saturated carbocycles. The molecule has 0 aromatic heterocycles. The van der Waals surface area contributed by atoms with Crippen LogP contribution in [-0.2, 0) is 4.79 Å². The number of ether oxygens (including phenoxy) is 2. The maximum atomic E-state index is 13.1. The second-order valence-electron chi connectivity index (χ2n) is 5.75. The van der Waals surface area contributed by atoms with Crippen LogP contribution in [0.3, 0.4) is 0 Å². The molecule has 0 radical (unpaired) electrons. The molecule has 1 amide bonds. The number of halogens is 2. The van der Waals surface area contributed by atoms with E-state index in [2.05, 4.69) is 5.32 Å². The summed E-state index contributed by atoms with van der Waals surface area (Å²) in [5.41, 5.74) is 0.330. The van der Waals surface area contributed by atoms with Gasteiger partial charge in [-0.1, -0.05) is 23.7 Å². The van der Waals surface area contributed by atoms with Gasteiger partial charge in [0.1, 0.15) is 17.3 Å². The molecule has 0 saturated heterocycles. The molecule has 0 aliphatic heterocycles. The van der Waals surface area contributed by atoms with Crippen molar-refractivity contribution < 1.29 is 18.7 Å². The number of methoxy groups -OCH3 is 1. The van der Waals surface area contributed by atoms with Crippen LogP contribution in [0, 0.1) is 5.82 Å². The summed E-state index contributed by atoms with van der Waals surface area (Å²) < 4.78 is 24.0. The smallest absolute Gasteiger partial charge is 0.265 e. The van der Waals surface area contributed by atoms with Crippen molar-refractivity contribution in [3.63, 3.8) is 0 Å². The van der Waals surface area contributed by atoms with E-state index in [0.29, 0.717) is 11.4 Å². The lowest BCUT2D eigenvalue weighted by molar-refractivity contribution is -0.122. The number of anilines is 1. The zero-order valence-electron chi connectivity index (χ0n) is 14.3. The standard InChI is InChI=1S/C20H17ClFNO3/c1-12(20(24)23-19-8-5-15(22)11-18(19)21)26-17-7-4-13-3-6-16(25-2)9-14(13)10-17/h3-12H,1-2H3,(H,23,24)/t12-/m1/s1. The van der Waals surface area contributed by atoms with Gasteiger partial charge in [0.05, 0.1) is 17.8 Å². The molecule has 1 atom stereocenters. The van der Waals surface area contributed by atoms with Crippen molar-refractivity contribution in [2.24, 2.45) is 0 Å². The highest BCUT2D eigenvalue weighted by atomic mass is 35.5. The van der Waals surface area contributed by atoms with Gasteiger partial charge >= 0.3 is 0 Å². The molecule has 26 heavy (non-hydrogen) atoms. The van der Waals surface area contributed by atoms with Gasteiger partial charge in [-0.15, -0.1) is 0 Å². The number of fused-ring (bicyclic) bond motifs is 1. The van der Waals surface area contributed by atoms with Crippen molar-refractivity contribution in [1.29, 1.82) is 0 Å². The summed E-state index contributed by atoms with van der Waals surface area (Å²) >= 11 is 5.92. The second kappa shape index (κ2) is 7.62. The third-order valence-corrected chi connectivity index (χ3v) is 4.20. The Hall–Kier alpha value is -2.79. The van der Waals surface area contributed by atoms with Crippen molar-refractivity contribution in [3.05, 3.63) is 65.4 Å². The van der Waals surface area contributed by atoms with Gasteiger partial charge in [0.2, 0.25) is 0 Å². The number of hydrogen-bond donors (Lipinski definition) is 1. The molecule has 0 heterocycles. The Kier molecular flexibility index (Phi) is 5.28. The fourth-order valence-corrected chi connectivity index (χ4v) is 2.70. The zero-order valence-corrected chi connectivity index (χ0v) is 15.0. The minimum atomic E-state index is -0.765. The third kappa shape index (κ3) is 4.06. The first-order chi connectivity index (χ1) is 12.5. The predicted molar refractivity (Wildman–Crippen MR) is 101 cm³/mol. The van der Waals surface area contributed by atoms with Gasteiger partial charge in [-0.05, 0) is 60.2 Å². The Morgan fingerprint density at radius 2 is 1.73 bits per heavy atom. The Morgan fingerprint density at radius 1 is 1.04 bits per heavy atom. The highest BCUT2D eigenvalue weighted by molar-refractivity contribution is 6.33. The van der Waals surface area contributed by atoms with Crippen LogP contribution in [0.25, 0.3) is 10.8 Å². The molecular formula is C20H17ClFNO3. The SMILES string of the molecule is COc1ccc2ccc(O[C@H](C)C(=O)Nc3ccc(F)cc3Cl)cc2c1. The van der Waals surface area contributed by atoms with E-state index in [1.165, 1.54) is 12.1 Å². The summed E-state index contributed by atoms with van der Waals surface area (Å²) in [6.07, 6.45) is -0.765. The average Bonchev–Trinajstić information content (AvgIpc) is 2.63. The summed E-state index contributed by atoms with van der Waals surface area (Å²) in [6, 6.07) is 15.0. The highest BCUT2D eigenvalue weighted by Crippen LogP contribution is 2.26. The van der Waals surface area contributed by atoms with Crippen LogP contribution < -0.4 is 14.8 Å². The topological polar surface area (TPSA) is 47.6 Å². The fraction of sp³-hybridized carbons (Fsp3) is 0.150. The molecule has 3 aromatic rings. The van der Waals surface area contributed by atoms with Crippen LogP contribution in [0.4, 0.5) is 10.1 Å². The summed E-state index contributed by atoms with van der Waals surface area (Å²) in [4.78, 5) is 12.3. The van der Waals surface area contributed by atoms with Crippen LogP contribution in [-0.4, -0.2) is 19.1 Å². The van der Waals surface area contributed by atoms with Gasteiger partial charge in [0, 0.05) is 0 Å². The van der Waals surface area contributed by atoms with Crippen LogP contribution in [0.5, 0.6) is 11.5 Å². The zero-order chi connectivity index (χ0) is 18.7. The van der Waals surface area contributed by atoms with E-state index in [-0.39, 0.29) is 10.9 Å². The molecule has 0 spiro atoms. The maximum absolute atomic E-state index is 13.1. The second-order valence-corrected chi connectivity index (χ2v) is 6.16. The summed E-state index contributed by atoms with van der Waals surface area (Å²) in [5.74, 6) is 0.443. The first-order valence-corrected chi connectivity index (χ1v) is 8.34. The lowest BCUT2D eigenvalue weighted by Gasteiger charge is -2.16. The molecule has 1 N–H and O–H groups in total. The average molecular weight is 374 g/mol. The lowest BCUT2D eigenvalue weighted by Crippen LogP contribution is -2.30. The van der Waals surface area contributed by atoms with Crippen molar-refractivity contribution in [2.45, 2.75) is 13.0 Å². The number of hydrogen-bond acceptors (Lipinski definition) is 3. The van der Waals surface area contributed by atoms with E-state index >= 15 is 0 Å². The Labute approximate surface area is 155 Å². The number of rotatable bonds is 5. The fourth-order valence-electron chi connectivity index (χ4n) is 2.49. The first kappa shape index (κ1) is 18.0. The Morgan fingerprint density at radius 3 is 2.42 bits per heavy atom. The number of carbonyl (C=O) groups excluding carboxylic acids is 1. The van der Waals surface area contributed by atoms with E-state index in [1.54, 1.807) is 20.1 Å². The van der Waals surface area contributed by atoms with Gasteiger partial charge in [-0.25, -0.2) is 4.39 Å². The van der Waals surface area contributed by atoms with Crippen LogP contribution in [0.15, 0.2) is 54.6 Å². The monoisotopic (exact) mass is 373 g/mol. The van der Waals surface area contributed by atoms with Crippen LogP contribution >= 0.6 is 11.6 Å². The quantitative estimate of drug-likeness (QED) is 0.681. The molecule has 4 nitrogen and oxygen atoms in total. The molecule has 3 rings (SSSR count). The summed E-state index contributed by atoms with van der Waals surface area (Å²) in [7, 11) is 1.61. The van der Waals surface area contributed by atoms with Crippen molar-refractivity contribution in [2.75, 3.05) is 12.4 Å². The summed E-state index contributed by atoms with van der Waals surface area (Å²) in [5, 5.41) is 4.73. The van der Waals surface area contributed by atoms with Crippen molar-refractivity contribution in [1.82, 2.24) is 0 Å². The van der Waals surface area contributed by atoms with Gasteiger partial charge in [-0.2, -0.15) is 0 Å². The third-order valence-electron chi connectivity index (χ3n) is 3.89. The van der Waals surface area contributed by atoms with Gasteiger partial charge in [-0.3, -0.25) is 4.79 Å². The Balaban J connectivity index is 1.73. The predicted octanol–water partition coefficient (Wildman–Crippen LogP) is 5.05. The van der Waals surface area contributed by atoms with Gasteiger partial charge < -0.3 is 14.8 Å². The van der Waals surface area contributed by atoms with E-state index < -0.39 is 11.9 Å². The molecule has 0 bridgehead atoms. The van der Waals surface area contributed by atoms with Crippen molar-refractivity contribution in [3.8, 4) is 11.5 Å². The molecule has 3 aromatic carbocycles. The maximum Gasteiger partial charge on any atom is 0.265 e. The normalized spacial score (nSPS) is 11.8. The van der Waals surface area contributed by atoms with Crippen molar-refractivity contribution >= 4 is 34.0 Å². The number of carbonyl (C=O) groups is 1.